The molecule has 694 valence electrons. The standard InChI is InChI=1S/C61H124N10O44S2/c62-33-45(92)42(89)28(18-107-59-34(63)46(93)44(91)30(112-59)20-109-61(69)115-110-13-21(74)12-102-53(66)48(95)36(83)22(75)10-72)111-58(33)108-19-29-43(90)47(94)35(64)60(113-29)114-71-32(82)5-2-9-117-116-8-1-4-31(81)70-6-3-7-101-52(65)49(96)37(84)24(77)14-103-54(67)50(97)38(85)25(78)15-104-55(68)51(98)39(86)26(79)16-105-57(100)41(88)27(80)17-106-56(99)40(87)23(76)11-73/h21-30,33-61,72-80,83-100H,1-20,62-69H2,(H,70,81)(H,71,82)/t21?,22?,23?,24?,25?,26?,27?,28?,29?,30?,33?,34?,35?,36-,37-,38-,39-,40-,41-,42-,43-,44-,45?,46?,47?,48?,49?,50?,51?,52-,53+,54+,55+,56?,57?,58-,59-,60+,61?/m1/s1. The number of rotatable bonds is 62. The largest absolute Gasteiger partial charge is 0.394 e. The summed E-state index contributed by atoms with van der Waals surface area (Å²) < 4.78 is 63.8. The number of ether oxygens (including phenoxy) is 12. The Labute approximate surface area is 675 Å². The lowest BCUT2D eigenvalue weighted by Gasteiger charge is -2.44. The highest BCUT2D eigenvalue weighted by Crippen LogP contribution is 2.29. The van der Waals surface area contributed by atoms with Gasteiger partial charge in [0.1, 0.15) is 190 Å². The summed E-state index contributed by atoms with van der Waals surface area (Å²) in [5.74, 6) is 0.138. The molecule has 0 aromatic heterocycles. The number of nitrogens with one attached hydrogen (secondary N) is 2. The molecule has 3 aliphatic heterocycles. The molecule has 54 nitrogen and oxygen atoms in total. The van der Waals surface area contributed by atoms with Gasteiger partial charge in [-0.15, -0.1) is 0 Å². The second kappa shape index (κ2) is 56.6. The van der Waals surface area contributed by atoms with Crippen LogP contribution in [0.15, 0.2) is 0 Å². The van der Waals surface area contributed by atoms with Crippen LogP contribution in [0, 0.1) is 0 Å². The molecule has 0 aromatic rings. The molecule has 3 rings (SSSR count). The molecule has 0 aromatic carbocycles. The maximum atomic E-state index is 12.7. The first-order valence-corrected chi connectivity index (χ1v) is 39.0. The highest BCUT2D eigenvalue weighted by Gasteiger charge is 2.50. The molecule has 0 spiro atoms. The van der Waals surface area contributed by atoms with E-state index >= 15 is 0 Å². The number of nitrogens with two attached hydrogens (primary N) is 8. The van der Waals surface area contributed by atoms with Gasteiger partial charge in [-0.1, -0.05) is 21.6 Å². The third-order valence-electron chi connectivity index (χ3n) is 17.9. The quantitative estimate of drug-likeness (QED) is 0.00884. The lowest BCUT2D eigenvalue weighted by molar-refractivity contribution is -0.389. The van der Waals surface area contributed by atoms with Crippen molar-refractivity contribution in [3.63, 3.8) is 0 Å². The van der Waals surface area contributed by atoms with E-state index in [1.807, 2.05) is 0 Å². The minimum atomic E-state index is -2.30. The second-order valence-corrected chi connectivity index (χ2v) is 30.0. The predicted octanol–water partition coefficient (Wildman–Crippen LogP) is -22.0. The van der Waals surface area contributed by atoms with E-state index in [-0.39, 0.29) is 38.3 Å². The zero-order chi connectivity index (χ0) is 88.2. The van der Waals surface area contributed by atoms with E-state index in [1.165, 1.54) is 21.6 Å². The average molecular weight is 1770 g/mol. The van der Waals surface area contributed by atoms with Crippen molar-refractivity contribution in [3.8, 4) is 0 Å². The van der Waals surface area contributed by atoms with E-state index in [0.29, 0.717) is 24.3 Å². The van der Waals surface area contributed by atoms with E-state index in [2.05, 4.69) is 15.5 Å². The SMILES string of the molecule is NC(OCC1O[C@@H](OCC2O[C@@H](OCC3O[C@@H](ONC(=O)CCCSSCCCC(=O)NCCCO[C@@H](N)C(O)[C@H](O)C(O)CO[C@H](N)C(O)[C@H](O)C(O)CO[C@H](N)C(O)[C@H](O)C(O)COC(O)[C@H](O)C(O)COC(O)[C@H](O)C(O)CO)C(N)C(O)[C@@H]3O)C(N)C(O)[C@@H]2O)C(N)C(O)[C@@H]1O)OOCC(O)CO[C@H](N)C(O)[C@H](O)C(O)CO. The molecular formula is C61H124N10O44S2. The van der Waals surface area contributed by atoms with Crippen molar-refractivity contribution in [2.45, 2.75) is 272 Å². The summed E-state index contributed by atoms with van der Waals surface area (Å²) in [6.07, 6.45) is -65.0. The summed E-state index contributed by atoms with van der Waals surface area (Å²) in [6, 6.07) is -4.28. The number of aliphatic hydroxyl groups is 27. The smallest absolute Gasteiger partial charge is 0.245 e. The summed E-state index contributed by atoms with van der Waals surface area (Å²) in [5.41, 5.74) is 48.9. The van der Waals surface area contributed by atoms with Gasteiger partial charge in [-0.05, 0) is 19.3 Å². The van der Waals surface area contributed by atoms with Gasteiger partial charge >= 0.3 is 0 Å². The van der Waals surface area contributed by atoms with E-state index < -0.39 is 318 Å². The number of aliphatic hydroxyl groups excluding tert-OH is 27. The van der Waals surface area contributed by atoms with Gasteiger partial charge in [-0.3, -0.25) is 15.3 Å². The number of amides is 2. The van der Waals surface area contributed by atoms with Gasteiger partial charge in [-0.25, -0.2) is 15.2 Å². The predicted molar refractivity (Wildman–Crippen MR) is 385 cm³/mol. The van der Waals surface area contributed by atoms with Gasteiger partial charge < -0.3 is 240 Å². The van der Waals surface area contributed by atoms with Crippen LogP contribution in [0.25, 0.3) is 0 Å². The molecule has 3 aliphatic rings. The Morgan fingerprint density at radius 1 is 0.385 bits per heavy atom. The molecule has 0 saturated carbocycles. The van der Waals surface area contributed by atoms with Crippen LogP contribution >= 0.6 is 21.6 Å². The van der Waals surface area contributed by atoms with E-state index in [4.69, 9.17) is 123 Å². The number of hydrogen-bond donors (Lipinski definition) is 37. The van der Waals surface area contributed by atoms with Gasteiger partial charge in [0.2, 0.25) is 24.5 Å². The van der Waals surface area contributed by atoms with Crippen LogP contribution in [-0.2, 0) is 81.0 Å². The van der Waals surface area contributed by atoms with Crippen molar-refractivity contribution >= 4 is 33.4 Å². The molecule has 39 atom stereocenters. The van der Waals surface area contributed by atoms with Crippen molar-refractivity contribution in [3.05, 3.63) is 0 Å². The third kappa shape index (κ3) is 37.0. The number of hydrogen-bond acceptors (Lipinski definition) is 54. The summed E-state index contributed by atoms with van der Waals surface area (Å²) >= 11 is 0. The fraction of sp³-hybridized carbons (Fsp3) is 0.967. The molecule has 0 radical (unpaired) electrons. The van der Waals surface area contributed by atoms with Crippen LogP contribution in [0.1, 0.15) is 32.1 Å². The highest BCUT2D eigenvalue weighted by atomic mass is 33.1. The Balaban J connectivity index is 1.27. The Kier molecular flexibility index (Phi) is 52.6. The van der Waals surface area contributed by atoms with Gasteiger partial charge in [0.15, 0.2) is 25.2 Å². The monoisotopic (exact) mass is 1760 g/mol. The Bertz CT molecular complexity index is 2640. The molecule has 0 bridgehead atoms. The number of carbonyl (C=O) groups excluding carboxylic acids is 2. The summed E-state index contributed by atoms with van der Waals surface area (Å²) in [6.45, 7) is -8.79. The van der Waals surface area contributed by atoms with Crippen molar-refractivity contribution in [1.82, 2.24) is 10.8 Å². The molecule has 0 aliphatic carbocycles. The van der Waals surface area contributed by atoms with Crippen molar-refractivity contribution < 1.29 is 219 Å². The molecule has 3 heterocycles. The van der Waals surface area contributed by atoms with Gasteiger partial charge in [-0.2, -0.15) is 4.89 Å². The van der Waals surface area contributed by atoms with Crippen molar-refractivity contribution in [2.24, 2.45) is 45.9 Å². The molecule has 3 fully saturated rings. The molecule has 23 unspecified atom stereocenters. The molecule has 3 saturated heterocycles. The van der Waals surface area contributed by atoms with Crippen LogP contribution in [0.5, 0.6) is 0 Å². The van der Waals surface area contributed by atoms with E-state index in [1.54, 1.807) is 0 Å². The number of carbonyl (C=O) groups is 2. The maximum Gasteiger partial charge on any atom is 0.245 e. The van der Waals surface area contributed by atoms with Gasteiger partial charge in [0, 0.05) is 30.9 Å². The first-order valence-electron chi connectivity index (χ1n) is 36.6. The van der Waals surface area contributed by atoms with Crippen LogP contribution in [0.4, 0.5) is 0 Å². The first-order chi connectivity index (χ1) is 55.0. The lowest BCUT2D eigenvalue weighted by atomic mass is 9.96. The highest BCUT2D eigenvalue weighted by molar-refractivity contribution is 8.76. The minimum Gasteiger partial charge on any atom is -0.394 e. The fourth-order valence-corrected chi connectivity index (χ4v) is 12.5. The Morgan fingerprint density at radius 2 is 0.735 bits per heavy atom. The van der Waals surface area contributed by atoms with Crippen molar-refractivity contribution in [2.75, 3.05) is 97.3 Å². The zero-order valence-electron chi connectivity index (χ0n) is 63.1. The van der Waals surface area contributed by atoms with Crippen molar-refractivity contribution in [1.29, 1.82) is 0 Å². The lowest BCUT2D eigenvalue weighted by Crippen LogP contribution is -2.66. The third-order valence-corrected chi connectivity index (χ3v) is 20.5. The fourth-order valence-electron chi connectivity index (χ4n) is 10.3. The van der Waals surface area contributed by atoms with Gasteiger partial charge in [0.25, 0.3) is 0 Å². The maximum absolute atomic E-state index is 12.7. The van der Waals surface area contributed by atoms with Crippen LogP contribution in [-0.4, -0.2) is 487 Å². The van der Waals surface area contributed by atoms with Crippen LogP contribution in [0.2, 0.25) is 0 Å². The second-order valence-electron chi connectivity index (χ2n) is 27.3. The molecule has 2 amide bonds. The van der Waals surface area contributed by atoms with Crippen LogP contribution < -0.4 is 56.7 Å². The number of hydroxylamine groups is 1. The van der Waals surface area contributed by atoms with E-state index in [0.717, 1.165) is 0 Å². The zero-order valence-corrected chi connectivity index (χ0v) is 64.7. The summed E-state index contributed by atoms with van der Waals surface area (Å²) in [7, 11) is 2.86. The Hall–Kier alpha value is -2.36. The molecule has 56 heteroatoms. The summed E-state index contributed by atoms with van der Waals surface area (Å²) in [4.78, 5) is 40.1. The average Bonchev–Trinajstić information content (AvgIpc) is 0.807. The molecule has 117 heavy (non-hydrogen) atoms. The topological polar surface area (TPSA) is 951 Å². The Morgan fingerprint density at radius 3 is 1.17 bits per heavy atom. The van der Waals surface area contributed by atoms with E-state index in [9.17, 15) is 137 Å². The normalized spacial score (nSPS) is 30.4. The summed E-state index contributed by atoms with van der Waals surface area (Å²) in [5, 5.41) is 277. The van der Waals surface area contributed by atoms with Gasteiger partial charge in [0.05, 0.1) is 90.8 Å². The molecular weight excluding hydrogens is 1640 g/mol. The minimum absolute atomic E-state index is 0.0416. The molecule has 45 N–H and O–H groups in total. The van der Waals surface area contributed by atoms with Crippen LogP contribution in [0.3, 0.4) is 0 Å². The first kappa shape index (κ1) is 109.